The zero-order valence-corrected chi connectivity index (χ0v) is 10.6. The fourth-order valence-electron chi connectivity index (χ4n) is 2.05. The van der Waals surface area contributed by atoms with Crippen molar-refractivity contribution >= 4 is 23.1 Å². The van der Waals surface area contributed by atoms with Gasteiger partial charge in [0, 0.05) is 0 Å². The Morgan fingerprint density at radius 1 is 0.800 bits per heavy atom. The van der Waals surface area contributed by atoms with E-state index in [2.05, 4.69) is 9.97 Å². The van der Waals surface area contributed by atoms with Crippen molar-refractivity contribution in [3.8, 4) is 0 Å². The van der Waals surface area contributed by atoms with E-state index >= 15 is 0 Å². The van der Waals surface area contributed by atoms with E-state index in [1.807, 2.05) is 48.6 Å². The molecule has 0 bridgehead atoms. The van der Waals surface area contributed by atoms with Gasteiger partial charge in [-0.05, 0) is 23.3 Å². The summed E-state index contributed by atoms with van der Waals surface area (Å²) in [5, 5.41) is 0.474. The molecule has 2 aromatic carbocycles. The molecule has 98 valence electrons. The van der Waals surface area contributed by atoms with Crippen LogP contribution in [0.2, 0.25) is 0 Å². The van der Waals surface area contributed by atoms with Crippen LogP contribution in [-0.4, -0.2) is 9.97 Å². The predicted molar refractivity (Wildman–Crippen MR) is 80.6 cm³/mol. The molecular formula is C16H12N2O2. The van der Waals surface area contributed by atoms with Gasteiger partial charge in [0.15, 0.2) is 0 Å². The topological polar surface area (TPSA) is 65.7 Å². The van der Waals surface area contributed by atoms with E-state index in [1.165, 1.54) is 0 Å². The Morgan fingerprint density at radius 3 is 2.35 bits per heavy atom. The molecule has 2 N–H and O–H groups in total. The third-order valence-electron chi connectivity index (χ3n) is 3.03. The van der Waals surface area contributed by atoms with Crippen LogP contribution in [0, 0.1) is 0 Å². The number of hydrogen-bond donors (Lipinski definition) is 2. The lowest BCUT2D eigenvalue weighted by Gasteiger charge is -1.98. The molecule has 0 fully saturated rings. The van der Waals surface area contributed by atoms with Gasteiger partial charge in [-0.15, -0.1) is 0 Å². The van der Waals surface area contributed by atoms with Crippen molar-refractivity contribution in [2.24, 2.45) is 0 Å². The van der Waals surface area contributed by atoms with Gasteiger partial charge in [-0.2, -0.15) is 0 Å². The van der Waals surface area contributed by atoms with Crippen LogP contribution in [0.5, 0.6) is 0 Å². The first kappa shape index (κ1) is 12.2. The molecule has 0 unspecified atom stereocenters. The highest BCUT2D eigenvalue weighted by Gasteiger charge is 2.00. The van der Waals surface area contributed by atoms with Crippen LogP contribution in [0.15, 0.2) is 58.1 Å². The van der Waals surface area contributed by atoms with Crippen molar-refractivity contribution in [2.75, 3.05) is 0 Å². The molecule has 3 aromatic rings. The molecule has 3 rings (SSSR count). The minimum absolute atomic E-state index is 0.373. The van der Waals surface area contributed by atoms with Crippen molar-refractivity contribution in [3.63, 3.8) is 0 Å². The molecule has 1 heterocycles. The molecule has 4 nitrogen and oxygen atoms in total. The molecule has 0 saturated heterocycles. The molecule has 0 amide bonds. The van der Waals surface area contributed by atoms with E-state index in [9.17, 15) is 9.59 Å². The molecule has 0 aliphatic rings. The van der Waals surface area contributed by atoms with Gasteiger partial charge in [-0.3, -0.25) is 9.78 Å². The van der Waals surface area contributed by atoms with Crippen molar-refractivity contribution in [1.29, 1.82) is 0 Å². The Labute approximate surface area is 114 Å². The number of benzene rings is 2. The first-order valence-corrected chi connectivity index (χ1v) is 6.22. The molecule has 0 saturated carbocycles. The van der Waals surface area contributed by atoms with Gasteiger partial charge in [0.25, 0.3) is 5.56 Å². The average Bonchev–Trinajstić information content (AvgIpc) is 2.45. The Bertz CT molecular complexity index is 889. The van der Waals surface area contributed by atoms with Crippen LogP contribution in [-0.2, 0) is 0 Å². The van der Waals surface area contributed by atoms with Gasteiger partial charge in [0.1, 0.15) is 0 Å². The number of rotatable bonds is 2. The lowest BCUT2D eigenvalue weighted by molar-refractivity contribution is 1.08. The first-order valence-electron chi connectivity index (χ1n) is 6.22. The molecular weight excluding hydrogens is 252 g/mol. The molecule has 0 atom stereocenters. The van der Waals surface area contributed by atoms with Gasteiger partial charge >= 0.3 is 5.69 Å². The standard InChI is InChI=1S/C16H12N2O2/c19-15-13-9-8-12(10-14(13)17-16(20)18-15)7-6-11-4-2-1-3-5-11/h1-10H,(H2,17,18,19,20)/b7-6+. The summed E-state index contributed by atoms with van der Waals surface area (Å²) in [6, 6.07) is 15.2. The zero-order chi connectivity index (χ0) is 13.9. The summed E-state index contributed by atoms with van der Waals surface area (Å²) in [5.74, 6) is 0. The second-order valence-electron chi connectivity index (χ2n) is 4.46. The quantitative estimate of drug-likeness (QED) is 0.698. The van der Waals surface area contributed by atoms with Crippen LogP contribution >= 0.6 is 0 Å². The lowest BCUT2D eigenvalue weighted by Crippen LogP contribution is -2.21. The summed E-state index contributed by atoms with van der Waals surface area (Å²) in [5.41, 5.74) is 1.68. The number of aromatic amines is 2. The van der Waals surface area contributed by atoms with E-state index in [0.717, 1.165) is 11.1 Å². The van der Waals surface area contributed by atoms with Crippen molar-refractivity contribution in [1.82, 2.24) is 9.97 Å². The smallest absolute Gasteiger partial charge is 0.307 e. The van der Waals surface area contributed by atoms with Crippen molar-refractivity contribution in [3.05, 3.63) is 80.5 Å². The monoisotopic (exact) mass is 264 g/mol. The fourth-order valence-corrected chi connectivity index (χ4v) is 2.05. The molecule has 20 heavy (non-hydrogen) atoms. The number of aromatic nitrogens is 2. The van der Waals surface area contributed by atoms with E-state index in [0.29, 0.717) is 10.9 Å². The Balaban J connectivity index is 2.03. The summed E-state index contributed by atoms with van der Waals surface area (Å²) in [6.45, 7) is 0. The van der Waals surface area contributed by atoms with Crippen LogP contribution < -0.4 is 11.2 Å². The predicted octanol–water partition coefficient (Wildman–Crippen LogP) is 2.39. The van der Waals surface area contributed by atoms with Crippen LogP contribution in [0.4, 0.5) is 0 Å². The zero-order valence-electron chi connectivity index (χ0n) is 10.6. The minimum atomic E-state index is -0.494. The third-order valence-corrected chi connectivity index (χ3v) is 3.03. The Morgan fingerprint density at radius 2 is 1.55 bits per heavy atom. The second-order valence-corrected chi connectivity index (χ2v) is 4.46. The van der Waals surface area contributed by atoms with Gasteiger partial charge in [0.2, 0.25) is 0 Å². The van der Waals surface area contributed by atoms with Gasteiger partial charge in [-0.25, -0.2) is 4.79 Å². The van der Waals surface area contributed by atoms with Crippen LogP contribution in [0.25, 0.3) is 23.1 Å². The highest BCUT2D eigenvalue weighted by atomic mass is 16.2. The van der Waals surface area contributed by atoms with E-state index in [4.69, 9.17) is 0 Å². The molecule has 1 aromatic heterocycles. The van der Waals surface area contributed by atoms with Gasteiger partial charge < -0.3 is 4.98 Å². The third kappa shape index (κ3) is 2.44. The highest BCUT2D eigenvalue weighted by Crippen LogP contribution is 2.12. The summed E-state index contributed by atoms with van der Waals surface area (Å²) in [6.07, 6.45) is 3.92. The van der Waals surface area contributed by atoms with Crippen molar-refractivity contribution in [2.45, 2.75) is 0 Å². The summed E-state index contributed by atoms with van der Waals surface area (Å²) in [7, 11) is 0. The van der Waals surface area contributed by atoms with E-state index in [1.54, 1.807) is 12.1 Å². The normalized spacial score (nSPS) is 11.2. The van der Waals surface area contributed by atoms with E-state index in [-0.39, 0.29) is 5.56 Å². The first-order chi connectivity index (χ1) is 9.72. The number of fused-ring (bicyclic) bond motifs is 1. The highest BCUT2D eigenvalue weighted by molar-refractivity contribution is 5.82. The maximum Gasteiger partial charge on any atom is 0.326 e. The summed E-state index contributed by atoms with van der Waals surface area (Å²) < 4.78 is 0. The maximum absolute atomic E-state index is 11.6. The molecule has 0 aliphatic heterocycles. The lowest BCUT2D eigenvalue weighted by atomic mass is 10.1. The number of nitrogens with one attached hydrogen (secondary N) is 2. The Kier molecular flexibility index (Phi) is 3.05. The summed E-state index contributed by atoms with van der Waals surface area (Å²) in [4.78, 5) is 27.7. The molecule has 0 radical (unpaired) electrons. The van der Waals surface area contributed by atoms with Gasteiger partial charge in [-0.1, -0.05) is 48.6 Å². The Hall–Kier alpha value is -2.88. The largest absolute Gasteiger partial charge is 0.326 e. The number of H-pyrrole nitrogens is 2. The molecule has 0 spiro atoms. The SMILES string of the molecule is O=c1[nH]c(=O)c2ccc(/C=C/c3ccccc3)cc2[nH]1. The van der Waals surface area contributed by atoms with Crippen LogP contribution in [0.1, 0.15) is 11.1 Å². The molecule has 0 aliphatic carbocycles. The van der Waals surface area contributed by atoms with Crippen molar-refractivity contribution < 1.29 is 0 Å². The fraction of sp³-hybridized carbons (Fsp3) is 0. The minimum Gasteiger partial charge on any atom is -0.307 e. The maximum atomic E-state index is 11.6. The average molecular weight is 264 g/mol. The van der Waals surface area contributed by atoms with E-state index < -0.39 is 5.69 Å². The number of hydrogen-bond acceptors (Lipinski definition) is 2. The van der Waals surface area contributed by atoms with Crippen LogP contribution in [0.3, 0.4) is 0 Å². The summed E-state index contributed by atoms with van der Waals surface area (Å²) >= 11 is 0. The van der Waals surface area contributed by atoms with Gasteiger partial charge in [0.05, 0.1) is 10.9 Å². The second kappa shape index (κ2) is 5.01. The molecule has 4 heteroatoms.